The first-order valence-corrected chi connectivity index (χ1v) is 11.3. The van der Waals surface area contributed by atoms with E-state index in [9.17, 15) is 19.1 Å². The van der Waals surface area contributed by atoms with Crippen LogP contribution in [0.15, 0.2) is 78.5 Å². The second-order valence-corrected chi connectivity index (χ2v) is 8.35. The van der Waals surface area contributed by atoms with Crippen molar-refractivity contribution in [3.05, 3.63) is 101 Å². The third-order valence-electron chi connectivity index (χ3n) is 6.20. The molecule has 1 aliphatic rings. The molecule has 1 aliphatic heterocycles. The fourth-order valence-corrected chi connectivity index (χ4v) is 4.55. The van der Waals surface area contributed by atoms with Crippen LogP contribution in [0.1, 0.15) is 29.7 Å². The van der Waals surface area contributed by atoms with E-state index in [0.29, 0.717) is 29.2 Å². The highest BCUT2D eigenvalue weighted by Crippen LogP contribution is 2.44. The van der Waals surface area contributed by atoms with Gasteiger partial charge in [0, 0.05) is 40.0 Å². The summed E-state index contributed by atoms with van der Waals surface area (Å²) in [6, 6.07) is 17.6. The van der Waals surface area contributed by atoms with E-state index in [1.165, 1.54) is 23.1 Å². The maximum atomic E-state index is 13.9. The number of ether oxygens (including phenoxy) is 1. The van der Waals surface area contributed by atoms with Gasteiger partial charge in [-0.3, -0.25) is 14.5 Å². The van der Waals surface area contributed by atoms with Crippen LogP contribution in [0.5, 0.6) is 5.75 Å². The van der Waals surface area contributed by atoms with Crippen LogP contribution < -0.4 is 9.64 Å². The molecule has 1 atom stereocenters. The van der Waals surface area contributed by atoms with E-state index >= 15 is 0 Å². The van der Waals surface area contributed by atoms with Crippen LogP contribution in [0.2, 0.25) is 0 Å². The van der Waals surface area contributed by atoms with Crippen molar-refractivity contribution in [2.45, 2.75) is 19.9 Å². The van der Waals surface area contributed by atoms with Gasteiger partial charge < -0.3 is 14.8 Å². The number of aryl methyl sites for hydroxylation is 1. The number of carbonyl (C=O) groups is 2. The van der Waals surface area contributed by atoms with E-state index in [4.69, 9.17) is 4.74 Å². The van der Waals surface area contributed by atoms with Crippen molar-refractivity contribution in [1.82, 2.24) is 4.98 Å². The number of H-pyrrole nitrogens is 1. The largest absolute Gasteiger partial charge is 0.507 e. The van der Waals surface area contributed by atoms with Gasteiger partial charge in [-0.15, -0.1) is 0 Å². The lowest BCUT2D eigenvalue weighted by atomic mass is 9.94. The molecule has 0 aliphatic carbocycles. The molecule has 176 valence electrons. The predicted octanol–water partition coefficient (Wildman–Crippen LogP) is 5.64. The number of fused-ring (bicyclic) bond motifs is 1. The van der Waals surface area contributed by atoms with Gasteiger partial charge in [-0.05, 0) is 55.8 Å². The van der Waals surface area contributed by atoms with E-state index < -0.39 is 23.5 Å². The molecule has 35 heavy (non-hydrogen) atoms. The number of hydrogen-bond acceptors (Lipinski definition) is 4. The Hall–Kier alpha value is -4.39. The summed E-state index contributed by atoms with van der Waals surface area (Å²) in [5, 5.41) is 12.1. The van der Waals surface area contributed by atoms with Crippen molar-refractivity contribution in [3.63, 3.8) is 0 Å². The average Bonchev–Trinajstić information content (AvgIpc) is 3.39. The van der Waals surface area contributed by atoms with E-state index in [2.05, 4.69) is 4.98 Å². The van der Waals surface area contributed by atoms with Crippen LogP contribution in [-0.2, 0) is 9.59 Å². The summed E-state index contributed by atoms with van der Waals surface area (Å²) in [4.78, 5) is 31.4. The molecule has 6 nitrogen and oxygen atoms in total. The Bertz CT molecular complexity index is 1500. The molecule has 5 rings (SSSR count). The molecule has 4 aromatic rings. The van der Waals surface area contributed by atoms with Crippen molar-refractivity contribution in [3.8, 4) is 5.75 Å². The number of rotatable bonds is 5. The second kappa shape index (κ2) is 8.76. The predicted molar refractivity (Wildman–Crippen MR) is 132 cm³/mol. The number of aliphatic hydroxyl groups is 1. The number of halogens is 1. The first kappa shape index (κ1) is 22.4. The Morgan fingerprint density at radius 1 is 1.09 bits per heavy atom. The molecule has 0 saturated carbocycles. The highest BCUT2D eigenvalue weighted by atomic mass is 19.1. The first-order chi connectivity index (χ1) is 16.9. The average molecular weight is 471 g/mol. The van der Waals surface area contributed by atoms with Gasteiger partial charge in [-0.25, -0.2) is 4.39 Å². The van der Waals surface area contributed by atoms with Crippen LogP contribution in [0.4, 0.5) is 10.1 Å². The number of Topliss-reactive ketones (excluding diaryl/α,β-unsaturated/α-hetero) is 1. The monoisotopic (exact) mass is 470 g/mol. The number of para-hydroxylation sites is 1. The van der Waals surface area contributed by atoms with Gasteiger partial charge in [0.2, 0.25) is 0 Å². The number of ketones is 1. The minimum absolute atomic E-state index is 0.0624. The molecule has 7 heteroatoms. The van der Waals surface area contributed by atoms with Gasteiger partial charge in [-0.1, -0.05) is 24.3 Å². The van der Waals surface area contributed by atoms with Crippen LogP contribution in [-0.4, -0.2) is 28.4 Å². The molecule has 1 aromatic heterocycles. The number of amides is 1. The Balaban J connectivity index is 1.76. The van der Waals surface area contributed by atoms with Gasteiger partial charge in [0.05, 0.1) is 18.2 Å². The topological polar surface area (TPSA) is 82.6 Å². The molecule has 1 saturated heterocycles. The molecule has 0 spiro atoms. The molecule has 2 heterocycles. The molecule has 2 N–H and O–H groups in total. The van der Waals surface area contributed by atoms with Gasteiger partial charge >= 0.3 is 0 Å². The molecule has 1 fully saturated rings. The maximum Gasteiger partial charge on any atom is 0.300 e. The fraction of sp³-hybridized carbons (Fsp3) is 0.143. The lowest BCUT2D eigenvalue weighted by Gasteiger charge is -2.25. The number of benzene rings is 3. The number of hydrogen-bond donors (Lipinski definition) is 2. The summed E-state index contributed by atoms with van der Waals surface area (Å²) in [6.07, 6.45) is 1.74. The van der Waals surface area contributed by atoms with Gasteiger partial charge in [0.25, 0.3) is 11.7 Å². The minimum atomic E-state index is -0.909. The van der Waals surface area contributed by atoms with Crippen LogP contribution in [0.3, 0.4) is 0 Å². The van der Waals surface area contributed by atoms with E-state index in [1.807, 2.05) is 31.2 Å². The lowest BCUT2D eigenvalue weighted by molar-refractivity contribution is -0.132. The van der Waals surface area contributed by atoms with Gasteiger partial charge in [-0.2, -0.15) is 0 Å². The number of anilines is 1. The Labute approximate surface area is 201 Å². The van der Waals surface area contributed by atoms with Crippen LogP contribution in [0, 0.1) is 12.7 Å². The smallest absolute Gasteiger partial charge is 0.300 e. The van der Waals surface area contributed by atoms with Crippen molar-refractivity contribution >= 4 is 34.0 Å². The highest BCUT2D eigenvalue weighted by Gasteiger charge is 2.47. The lowest BCUT2D eigenvalue weighted by Crippen LogP contribution is -2.29. The summed E-state index contributed by atoms with van der Waals surface area (Å²) < 4.78 is 19.5. The van der Waals surface area contributed by atoms with E-state index in [1.54, 1.807) is 37.4 Å². The Morgan fingerprint density at radius 3 is 2.66 bits per heavy atom. The minimum Gasteiger partial charge on any atom is -0.507 e. The third-order valence-corrected chi connectivity index (χ3v) is 6.20. The first-order valence-electron chi connectivity index (χ1n) is 11.3. The van der Waals surface area contributed by atoms with Crippen molar-refractivity contribution in [1.29, 1.82) is 0 Å². The zero-order chi connectivity index (χ0) is 24.7. The summed E-state index contributed by atoms with van der Waals surface area (Å²) >= 11 is 0. The number of aliphatic hydroxyl groups excluding tert-OH is 1. The van der Waals surface area contributed by atoms with E-state index in [0.717, 1.165) is 10.9 Å². The quantitative estimate of drug-likeness (QED) is 0.225. The SMILES string of the molecule is CCOc1cccc(N2C(=O)C(=O)/C(=C(/O)c3ccc(F)c(C)c3)C2c2c[nH]c3ccccc23)c1. The van der Waals surface area contributed by atoms with Gasteiger partial charge in [0.15, 0.2) is 0 Å². The summed E-state index contributed by atoms with van der Waals surface area (Å²) in [7, 11) is 0. The van der Waals surface area contributed by atoms with Crippen LogP contribution >= 0.6 is 0 Å². The van der Waals surface area contributed by atoms with Crippen molar-refractivity contribution in [2.24, 2.45) is 0 Å². The molecule has 1 amide bonds. The van der Waals surface area contributed by atoms with E-state index in [-0.39, 0.29) is 16.9 Å². The Kier molecular flexibility index (Phi) is 5.61. The molecule has 3 aromatic carbocycles. The summed E-state index contributed by atoms with van der Waals surface area (Å²) in [6.45, 7) is 3.87. The number of aromatic amines is 1. The summed E-state index contributed by atoms with van der Waals surface area (Å²) in [5.74, 6) is -1.82. The van der Waals surface area contributed by atoms with Crippen molar-refractivity contribution in [2.75, 3.05) is 11.5 Å². The summed E-state index contributed by atoms with van der Waals surface area (Å²) in [5.41, 5.74) is 2.46. The number of carbonyl (C=O) groups excluding carboxylic acids is 2. The second-order valence-electron chi connectivity index (χ2n) is 8.35. The van der Waals surface area contributed by atoms with Gasteiger partial charge in [0.1, 0.15) is 17.3 Å². The molecular formula is C28H23FN2O4. The van der Waals surface area contributed by atoms with Crippen LogP contribution in [0.25, 0.3) is 16.7 Å². The molecule has 0 bridgehead atoms. The zero-order valence-electron chi connectivity index (χ0n) is 19.2. The highest BCUT2D eigenvalue weighted by molar-refractivity contribution is 6.51. The third kappa shape index (κ3) is 3.75. The number of aromatic nitrogens is 1. The standard InChI is InChI=1S/C28H23FN2O4/c1-3-35-19-8-6-7-18(14-19)31-25(21-15-30-23-10-5-4-9-20(21)23)24(27(33)28(31)34)26(32)17-11-12-22(29)16(2)13-17/h4-15,25,30,32H,3H2,1-2H3/b26-24+. The Morgan fingerprint density at radius 2 is 1.89 bits per heavy atom. The molecular weight excluding hydrogens is 447 g/mol. The zero-order valence-corrected chi connectivity index (χ0v) is 19.2. The fourth-order valence-electron chi connectivity index (χ4n) is 4.55. The number of nitrogens with zero attached hydrogens (tertiary/aromatic N) is 1. The normalized spacial score (nSPS) is 17.3. The molecule has 1 unspecified atom stereocenters. The molecule has 0 radical (unpaired) electrons. The number of nitrogens with one attached hydrogen (secondary N) is 1. The van der Waals surface area contributed by atoms with Crippen molar-refractivity contribution < 1.29 is 23.8 Å². The maximum absolute atomic E-state index is 13.9.